The van der Waals surface area contributed by atoms with E-state index in [2.05, 4.69) is 27.2 Å². The molecule has 4 nitrogen and oxygen atoms in total. The lowest BCUT2D eigenvalue weighted by molar-refractivity contribution is 0.240. The fourth-order valence-corrected chi connectivity index (χ4v) is 2.86. The van der Waals surface area contributed by atoms with E-state index in [9.17, 15) is 0 Å². The fourth-order valence-electron chi connectivity index (χ4n) is 2.86. The Kier molecular flexibility index (Phi) is 3.60. The van der Waals surface area contributed by atoms with Crippen molar-refractivity contribution >= 4 is 16.6 Å². The number of benzene rings is 1. The summed E-state index contributed by atoms with van der Waals surface area (Å²) in [7, 11) is 0. The number of aliphatic hydroxyl groups excluding tert-OH is 1. The average molecular weight is 257 g/mol. The van der Waals surface area contributed by atoms with Gasteiger partial charge in [0, 0.05) is 30.5 Å². The van der Waals surface area contributed by atoms with Gasteiger partial charge in [-0.05, 0) is 25.2 Å². The van der Waals surface area contributed by atoms with Gasteiger partial charge in [0.1, 0.15) is 0 Å². The molecule has 1 aromatic carbocycles. The molecular weight excluding hydrogens is 238 g/mol. The first-order valence-corrected chi connectivity index (χ1v) is 6.94. The van der Waals surface area contributed by atoms with Crippen LogP contribution in [0.25, 0.3) is 10.8 Å². The molecule has 1 aliphatic rings. The van der Waals surface area contributed by atoms with Crippen LogP contribution in [0.4, 0.5) is 5.82 Å². The van der Waals surface area contributed by atoms with E-state index in [-0.39, 0.29) is 0 Å². The lowest BCUT2D eigenvalue weighted by Crippen LogP contribution is -2.34. The van der Waals surface area contributed by atoms with E-state index in [1.54, 1.807) is 0 Å². The minimum absolute atomic E-state index is 0.304. The molecule has 0 unspecified atom stereocenters. The van der Waals surface area contributed by atoms with Crippen molar-refractivity contribution in [2.24, 2.45) is 5.92 Å². The third-order valence-electron chi connectivity index (χ3n) is 4.00. The molecule has 0 radical (unpaired) electrons. The van der Waals surface area contributed by atoms with Gasteiger partial charge in [-0.1, -0.05) is 24.3 Å². The number of hydrogen-bond acceptors (Lipinski definition) is 4. The second kappa shape index (κ2) is 5.53. The van der Waals surface area contributed by atoms with Crippen LogP contribution in [-0.4, -0.2) is 35.0 Å². The van der Waals surface area contributed by atoms with Crippen LogP contribution in [0.3, 0.4) is 0 Å². The second-order valence-electron chi connectivity index (χ2n) is 5.20. The topological polar surface area (TPSA) is 49.2 Å². The molecule has 3 rings (SSSR count). The normalized spacial score (nSPS) is 17.0. The number of fused-ring (bicyclic) bond motifs is 1. The maximum absolute atomic E-state index is 9.01. The van der Waals surface area contributed by atoms with Gasteiger partial charge in [0.05, 0.1) is 6.20 Å². The Morgan fingerprint density at radius 1 is 1.21 bits per heavy atom. The van der Waals surface area contributed by atoms with E-state index in [1.807, 2.05) is 18.3 Å². The summed E-state index contributed by atoms with van der Waals surface area (Å²) in [6.07, 6.45) is 5.00. The van der Waals surface area contributed by atoms with Crippen LogP contribution in [0.15, 0.2) is 30.5 Å². The van der Waals surface area contributed by atoms with Crippen molar-refractivity contribution in [1.82, 2.24) is 10.2 Å². The Morgan fingerprint density at radius 3 is 2.79 bits per heavy atom. The minimum Gasteiger partial charge on any atom is -0.396 e. The number of rotatable bonds is 3. The highest BCUT2D eigenvalue weighted by molar-refractivity contribution is 5.91. The molecular formula is C15H19N3O. The van der Waals surface area contributed by atoms with E-state index in [0.29, 0.717) is 12.5 Å². The SMILES string of the molecule is OCCC1CCN(c2nncc3ccccc23)CC1. The second-order valence-corrected chi connectivity index (χ2v) is 5.20. The van der Waals surface area contributed by atoms with Crippen LogP contribution in [0.5, 0.6) is 0 Å². The van der Waals surface area contributed by atoms with Gasteiger partial charge in [-0.15, -0.1) is 5.10 Å². The van der Waals surface area contributed by atoms with Gasteiger partial charge in [0.25, 0.3) is 0 Å². The summed E-state index contributed by atoms with van der Waals surface area (Å²) < 4.78 is 0. The van der Waals surface area contributed by atoms with Crippen LogP contribution in [0, 0.1) is 5.92 Å². The molecule has 0 saturated carbocycles. The first-order valence-electron chi connectivity index (χ1n) is 6.94. The van der Waals surface area contributed by atoms with Gasteiger partial charge >= 0.3 is 0 Å². The molecule has 0 amide bonds. The molecule has 0 atom stereocenters. The lowest BCUT2D eigenvalue weighted by Gasteiger charge is -2.32. The van der Waals surface area contributed by atoms with Crippen molar-refractivity contribution in [3.05, 3.63) is 30.5 Å². The Bertz CT molecular complexity index is 545. The third-order valence-corrected chi connectivity index (χ3v) is 4.00. The van der Waals surface area contributed by atoms with E-state index in [1.165, 1.54) is 5.39 Å². The minimum atomic E-state index is 0.304. The zero-order valence-corrected chi connectivity index (χ0v) is 11.0. The molecule has 2 aromatic rings. The van der Waals surface area contributed by atoms with E-state index in [0.717, 1.165) is 43.6 Å². The Morgan fingerprint density at radius 2 is 2.00 bits per heavy atom. The van der Waals surface area contributed by atoms with Crippen molar-refractivity contribution in [1.29, 1.82) is 0 Å². The Hall–Kier alpha value is -1.68. The van der Waals surface area contributed by atoms with Crippen molar-refractivity contribution in [2.75, 3.05) is 24.6 Å². The summed E-state index contributed by atoms with van der Waals surface area (Å²) >= 11 is 0. The summed E-state index contributed by atoms with van der Waals surface area (Å²) in [5.41, 5.74) is 0. The maximum Gasteiger partial charge on any atom is 0.159 e. The van der Waals surface area contributed by atoms with Crippen molar-refractivity contribution < 1.29 is 5.11 Å². The van der Waals surface area contributed by atoms with Crippen LogP contribution in [0.2, 0.25) is 0 Å². The predicted molar refractivity (Wildman–Crippen MR) is 76.2 cm³/mol. The summed E-state index contributed by atoms with van der Waals surface area (Å²) in [5.74, 6) is 1.66. The maximum atomic E-state index is 9.01. The highest BCUT2D eigenvalue weighted by Gasteiger charge is 2.21. The van der Waals surface area contributed by atoms with Gasteiger partial charge in [0.15, 0.2) is 5.82 Å². The molecule has 1 aliphatic heterocycles. The molecule has 4 heteroatoms. The summed E-state index contributed by atoms with van der Waals surface area (Å²) in [6.45, 7) is 2.32. The number of nitrogens with zero attached hydrogens (tertiary/aromatic N) is 3. The Labute approximate surface area is 113 Å². The summed E-state index contributed by atoms with van der Waals surface area (Å²) in [6, 6.07) is 8.26. The molecule has 2 heterocycles. The summed E-state index contributed by atoms with van der Waals surface area (Å²) in [4.78, 5) is 2.32. The van der Waals surface area contributed by atoms with Crippen LogP contribution in [-0.2, 0) is 0 Å². The lowest BCUT2D eigenvalue weighted by atomic mass is 9.94. The van der Waals surface area contributed by atoms with E-state index < -0.39 is 0 Å². The summed E-state index contributed by atoms with van der Waals surface area (Å²) in [5, 5.41) is 19.8. The number of anilines is 1. The molecule has 1 fully saturated rings. The molecule has 100 valence electrons. The average Bonchev–Trinajstić information content (AvgIpc) is 2.48. The number of hydrogen-bond donors (Lipinski definition) is 1. The molecule has 1 aromatic heterocycles. The van der Waals surface area contributed by atoms with E-state index >= 15 is 0 Å². The highest BCUT2D eigenvalue weighted by atomic mass is 16.3. The molecule has 1 saturated heterocycles. The first-order chi connectivity index (χ1) is 9.38. The first kappa shape index (κ1) is 12.4. The van der Waals surface area contributed by atoms with Gasteiger partial charge in [0.2, 0.25) is 0 Å². The molecule has 0 bridgehead atoms. The largest absolute Gasteiger partial charge is 0.396 e. The van der Waals surface area contributed by atoms with Gasteiger partial charge in [-0.2, -0.15) is 5.10 Å². The molecule has 0 aliphatic carbocycles. The molecule has 19 heavy (non-hydrogen) atoms. The smallest absolute Gasteiger partial charge is 0.159 e. The monoisotopic (exact) mass is 257 g/mol. The number of aliphatic hydroxyl groups is 1. The Balaban J connectivity index is 1.82. The van der Waals surface area contributed by atoms with Crippen molar-refractivity contribution in [3.63, 3.8) is 0 Å². The molecule has 0 spiro atoms. The van der Waals surface area contributed by atoms with Crippen LogP contribution in [0.1, 0.15) is 19.3 Å². The quantitative estimate of drug-likeness (QED) is 0.916. The van der Waals surface area contributed by atoms with Gasteiger partial charge in [-0.3, -0.25) is 0 Å². The molecule has 1 N–H and O–H groups in total. The highest BCUT2D eigenvalue weighted by Crippen LogP contribution is 2.28. The number of piperidine rings is 1. The van der Waals surface area contributed by atoms with Crippen LogP contribution < -0.4 is 4.90 Å². The van der Waals surface area contributed by atoms with Crippen molar-refractivity contribution in [2.45, 2.75) is 19.3 Å². The van der Waals surface area contributed by atoms with Gasteiger partial charge in [-0.25, -0.2) is 0 Å². The zero-order chi connectivity index (χ0) is 13.1. The van der Waals surface area contributed by atoms with Crippen molar-refractivity contribution in [3.8, 4) is 0 Å². The third kappa shape index (κ3) is 2.54. The predicted octanol–water partition coefficient (Wildman–Crippen LogP) is 2.23. The number of aromatic nitrogens is 2. The zero-order valence-electron chi connectivity index (χ0n) is 11.0. The van der Waals surface area contributed by atoms with Gasteiger partial charge < -0.3 is 10.0 Å². The van der Waals surface area contributed by atoms with Crippen LogP contribution >= 0.6 is 0 Å². The van der Waals surface area contributed by atoms with E-state index in [4.69, 9.17) is 5.11 Å². The standard InChI is InChI=1S/C15H19N3O/c19-10-7-12-5-8-18(9-6-12)15-14-4-2-1-3-13(14)11-16-17-15/h1-4,11-12,19H,5-10H2. The fraction of sp³-hybridized carbons (Fsp3) is 0.467.